The first-order valence-electron chi connectivity index (χ1n) is 6.18. The van der Waals surface area contributed by atoms with Gasteiger partial charge in [0.2, 0.25) is 5.91 Å². The maximum atomic E-state index is 11.9. The molecule has 2 unspecified atom stereocenters. The number of rotatable bonds is 2. The number of amides is 1. The molecule has 2 rings (SSSR count). The van der Waals surface area contributed by atoms with Gasteiger partial charge in [-0.25, -0.2) is 0 Å². The van der Waals surface area contributed by atoms with Gasteiger partial charge >= 0.3 is 0 Å². The lowest BCUT2D eigenvalue weighted by Gasteiger charge is -2.18. The summed E-state index contributed by atoms with van der Waals surface area (Å²) in [5.74, 6) is 1.80. The molecule has 2 aliphatic rings. The zero-order chi connectivity index (χ0) is 10.8. The third-order valence-electron chi connectivity index (χ3n) is 3.84. The second kappa shape index (κ2) is 4.52. The van der Waals surface area contributed by atoms with Crippen molar-refractivity contribution in [2.75, 3.05) is 13.1 Å². The maximum Gasteiger partial charge on any atom is 0.222 e. The Hall–Kier alpha value is -0.570. The summed E-state index contributed by atoms with van der Waals surface area (Å²) >= 11 is 0. The monoisotopic (exact) mass is 210 g/mol. The summed E-state index contributed by atoms with van der Waals surface area (Å²) in [6, 6.07) is 0.219. The molecule has 0 aromatic carbocycles. The number of hydrogen-bond donors (Lipinski definition) is 1. The highest BCUT2D eigenvalue weighted by atomic mass is 16.2. The quantitative estimate of drug-likeness (QED) is 0.748. The highest BCUT2D eigenvalue weighted by Crippen LogP contribution is 2.33. The first-order chi connectivity index (χ1) is 7.15. The average Bonchev–Trinajstić information content (AvgIpc) is 2.75. The van der Waals surface area contributed by atoms with Crippen molar-refractivity contribution >= 4 is 5.91 Å². The first-order valence-corrected chi connectivity index (χ1v) is 6.18. The fourth-order valence-corrected chi connectivity index (χ4v) is 2.90. The fraction of sp³-hybridized carbons (Fsp3) is 0.917. The molecule has 2 N–H and O–H groups in total. The van der Waals surface area contributed by atoms with E-state index in [1.54, 1.807) is 0 Å². The van der Waals surface area contributed by atoms with E-state index in [1.165, 1.54) is 19.3 Å². The number of carbonyl (C=O) groups is 1. The molecule has 0 radical (unpaired) electrons. The van der Waals surface area contributed by atoms with Crippen molar-refractivity contribution in [3.8, 4) is 0 Å². The highest BCUT2D eigenvalue weighted by molar-refractivity contribution is 5.76. The van der Waals surface area contributed by atoms with E-state index in [-0.39, 0.29) is 6.04 Å². The van der Waals surface area contributed by atoms with Crippen LogP contribution in [0.2, 0.25) is 0 Å². The molecule has 1 heterocycles. The molecule has 0 spiro atoms. The Labute approximate surface area is 92.0 Å². The average molecular weight is 210 g/mol. The van der Waals surface area contributed by atoms with Crippen LogP contribution in [-0.4, -0.2) is 29.9 Å². The van der Waals surface area contributed by atoms with Gasteiger partial charge in [0.25, 0.3) is 0 Å². The third kappa shape index (κ3) is 2.71. The second-order valence-corrected chi connectivity index (χ2v) is 5.38. The van der Waals surface area contributed by atoms with Crippen molar-refractivity contribution in [1.29, 1.82) is 0 Å². The lowest BCUT2D eigenvalue weighted by Crippen LogP contribution is -2.32. The minimum atomic E-state index is 0.219. The molecule has 2 fully saturated rings. The molecule has 1 saturated carbocycles. The molecule has 0 aromatic rings. The van der Waals surface area contributed by atoms with Crippen molar-refractivity contribution in [1.82, 2.24) is 4.90 Å². The zero-order valence-corrected chi connectivity index (χ0v) is 9.61. The van der Waals surface area contributed by atoms with E-state index < -0.39 is 0 Å². The fourth-order valence-electron chi connectivity index (χ4n) is 2.90. The van der Waals surface area contributed by atoms with Crippen LogP contribution in [0, 0.1) is 11.8 Å². The van der Waals surface area contributed by atoms with Gasteiger partial charge in [0.1, 0.15) is 0 Å². The Bertz CT molecular complexity index is 242. The smallest absolute Gasteiger partial charge is 0.222 e. The van der Waals surface area contributed by atoms with Gasteiger partial charge in [-0.1, -0.05) is 13.3 Å². The molecule has 0 aromatic heterocycles. The predicted molar refractivity (Wildman–Crippen MR) is 60.3 cm³/mol. The predicted octanol–water partition coefficient (Wildman–Crippen LogP) is 1.37. The molecular weight excluding hydrogens is 188 g/mol. The molecule has 3 nitrogen and oxygen atoms in total. The van der Waals surface area contributed by atoms with E-state index in [4.69, 9.17) is 5.73 Å². The number of nitrogens with two attached hydrogens (primary N) is 1. The Morgan fingerprint density at radius 1 is 1.40 bits per heavy atom. The van der Waals surface area contributed by atoms with Gasteiger partial charge in [0.05, 0.1) is 0 Å². The molecule has 15 heavy (non-hydrogen) atoms. The van der Waals surface area contributed by atoms with Gasteiger partial charge in [-0.3, -0.25) is 4.79 Å². The van der Waals surface area contributed by atoms with E-state index in [2.05, 4.69) is 6.92 Å². The molecule has 1 saturated heterocycles. The molecule has 1 amide bonds. The Morgan fingerprint density at radius 2 is 2.20 bits per heavy atom. The van der Waals surface area contributed by atoms with Crippen molar-refractivity contribution in [3.05, 3.63) is 0 Å². The van der Waals surface area contributed by atoms with Gasteiger partial charge < -0.3 is 10.6 Å². The zero-order valence-electron chi connectivity index (χ0n) is 9.61. The molecule has 3 heteroatoms. The van der Waals surface area contributed by atoms with Crippen LogP contribution in [-0.2, 0) is 4.79 Å². The first kappa shape index (κ1) is 10.9. The molecule has 1 aliphatic heterocycles. The summed E-state index contributed by atoms with van der Waals surface area (Å²) in [5, 5.41) is 0. The number of nitrogens with zero attached hydrogens (tertiary/aromatic N) is 1. The normalized spacial score (nSPS) is 36.1. The topological polar surface area (TPSA) is 46.3 Å². The summed E-state index contributed by atoms with van der Waals surface area (Å²) < 4.78 is 0. The number of hydrogen-bond acceptors (Lipinski definition) is 2. The Morgan fingerprint density at radius 3 is 2.73 bits per heavy atom. The summed E-state index contributed by atoms with van der Waals surface area (Å²) in [6.07, 6.45) is 5.53. The highest BCUT2D eigenvalue weighted by Gasteiger charge is 2.28. The van der Waals surface area contributed by atoms with Crippen molar-refractivity contribution < 1.29 is 4.79 Å². The van der Waals surface area contributed by atoms with E-state index in [9.17, 15) is 4.79 Å². The van der Waals surface area contributed by atoms with Crippen LogP contribution < -0.4 is 5.73 Å². The van der Waals surface area contributed by atoms with E-state index in [1.807, 2.05) is 4.90 Å². The molecular formula is C12H22N2O. The summed E-state index contributed by atoms with van der Waals surface area (Å²) in [4.78, 5) is 13.9. The van der Waals surface area contributed by atoms with Crippen molar-refractivity contribution in [2.24, 2.45) is 17.6 Å². The SMILES string of the molecule is CC1CCC(CC(=O)N2CC[C@@H](N)C2)C1. The Kier molecular flexibility index (Phi) is 3.29. The van der Waals surface area contributed by atoms with E-state index in [0.717, 1.165) is 31.8 Å². The van der Waals surface area contributed by atoms with Crippen LogP contribution in [0.15, 0.2) is 0 Å². The molecule has 3 atom stereocenters. The minimum absolute atomic E-state index is 0.219. The van der Waals surface area contributed by atoms with Crippen LogP contribution >= 0.6 is 0 Å². The number of likely N-dealkylation sites (tertiary alicyclic amines) is 1. The molecule has 0 bridgehead atoms. The van der Waals surface area contributed by atoms with Gasteiger partial charge in [-0.15, -0.1) is 0 Å². The van der Waals surface area contributed by atoms with E-state index in [0.29, 0.717) is 11.8 Å². The van der Waals surface area contributed by atoms with Crippen LogP contribution in [0.3, 0.4) is 0 Å². The van der Waals surface area contributed by atoms with Crippen LogP contribution in [0.25, 0.3) is 0 Å². The maximum absolute atomic E-state index is 11.9. The summed E-state index contributed by atoms with van der Waals surface area (Å²) in [7, 11) is 0. The van der Waals surface area contributed by atoms with Crippen LogP contribution in [0.5, 0.6) is 0 Å². The summed E-state index contributed by atoms with van der Waals surface area (Å²) in [5.41, 5.74) is 5.80. The molecule has 1 aliphatic carbocycles. The summed E-state index contributed by atoms with van der Waals surface area (Å²) in [6.45, 7) is 3.94. The molecule has 86 valence electrons. The van der Waals surface area contributed by atoms with Crippen LogP contribution in [0.4, 0.5) is 0 Å². The lowest BCUT2D eigenvalue weighted by molar-refractivity contribution is -0.131. The van der Waals surface area contributed by atoms with Crippen molar-refractivity contribution in [2.45, 2.75) is 45.1 Å². The van der Waals surface area contributed by atoms with Gasteiger partial charge in [0, 0.05) is 25.6 Å². The van der Waals surface area contributed by atoms with Gasteiger partial charge in [-0.05, 0) is 31.1 Å². The van der Waals surface area contributed by atoms with Gasteiger partial charge in [-0.2, -0.15) is 0 Å². The number of carbonyl (C=O) groups excluding carboxylic acids is 1. The van der Waals surface area contributed by atoms with Crippen LogP contribution in [0.1, 0.15) is 39.0 Å². The lowest BCUT2D eigenvalue weighted by atomic mass is 10.0. The Balaban J connectivity index is 1.77. The third-order valence-corrected chi connectivity index (χ3v) is 3.84. The van der Waals surface area contributed by atoms with Crippen molar-refractivity contribution in [3.63, 3.8) is 0 Å². The standard InChI is InChI=1S/C12H22N2O/c1-9-2-3-10(6-9)7-12(15)14-5-4-11(13)8-14/h9-11H,2-8,13H2,1H3/t9?,10?,11-/m1/s1. The largest absolute Gasteiger partial charge is 0.341 e. The van der Waals surface area contributed by atoms with Gasteiger partial charge in [0.15, 0.2) is 0 Å². The second-order valence-electron chi connectivity index (χ2n) is 5.38. The van der Waals surface area contributed by atoms with E-state index >= 15 is 0 Å². The minimum Gasteiger partial charge on any atom is -0.341 e.